The van der Waals surface area contributed by atoms with Gasteiger partial charge in [0.15, 0.2) is 6.61 Å². The molecule has 0 saturated carbocycles. The molecule has 0 aliphatic heterocycles. The molecule has 0 aliphatic rings. The molecule has 0 saturated heterocycles. The summed E-state index contributed by atoms with van der Waals surface area (Å²) in [5.41, 5.74) is 1.95. The van der Waals surface area contributed by atoms with E-state index in [2.05, 4.69) is 19.2 Å². The number of amides is 1. The number of hydrogen-bond acceptors (Lipinski definition) is 3. The number of aryl methyl sites for hydroxylation is 1. The first-order valence-corrected chi connectivity index (χ1v) is 7.96. The first-order chi connectivity index (χ1) is 11.2. The van der Waals surface area contributed by atoms with Crippen LogP contribution in [0, 0.1) is 0 Å². The lowest BCUT2D eigenvalue weighted by atomic mass is 10.1. The van der Waals surface area contributed by atoms with Gasteiger partial charge in [-0.2, -0.15) is 0 Å². The van der Waals surface area contributed by atoms with E-state index in [1.807, 2.05) is 36.4 Å². The maximum absolute atomic E-state index is 12.0. The number of nitrogens with one attached hydrogen (secondary N) is 1. The van der Waals surface area contributed by atoms with Crippen molar-refractivity contribution in [3.8, 4) is 11.5 Å². The van der Waals surface area contributed by atoms with Crippen LogP contribution in [-0.2, 0) is 11.2 Å². The van der Waals surface area contributed by atoms with Crippen LogP contribution >= 0.6 is 0 Å². The standard InChI is InChI=1S/C19H23NO3/c1-3-13-22-16-9-11-17(12-10-16)23-14-19(21)20-18-8-6-5-7-15(18)4-2/h5-12H,3-4,13-14H2,1-2H3,(H,20,21). The Bertz CT molecular complexity index is 623. The van der Waals surface area contributed by atoms with Crippen molar-refractivity contribution in [3.63, 3.8) is 0 Å². The van der Waals surface area contributed by atoms with Crippen molar-refractivity contribution in [1.29, 1.82) is 0 Å². The average Bonchev–Trinajstić information content (AvgIpc) is 2.59. The molecule has 23 heavy (non-hydrogen) atoms. The Labute approximate surface area is 137 Å². The second kappa shape index (κ2) is 8.83. The fourth-order valence-electron chi connectivity index (χ4n) is 2.14. The monoisotopic (exact) mass is 313 g/mol. The fraction of sp³-hybridized carbons (Fsp3) is 0.316. The quantitative estimate of drug-likeness (QED) is 0.799. The molecule has 2 rings (SSSR count). The van der Waals surface area contributed by atoms with Crippen molar-refractivity contribution >= 4 is 11.6 Å². The molecule has 0 heterocycles. The van der Waals surface area contributed by atoms with Crippen molar-refractivity contribution in [3.05, 3.63) is 54.1 Å². The summed E-state index contributed by atoms with van der Waals surface area (Å²) in [7, 11) is 0. The van der Waals surface area contributed by atoms with E-state index in [1.165, 1.54) is 0 Å². The fourth-order valence-corrected chi connectivity index (χ4v) is 2.14. The predicted octanol–water partition coefficient (Wildman–Crippen LogP) is 4.06. The van der Waals surface area contributed by atoms with Crippen molar-refractivity contribution in [2.24, 2.45) is 0 Å². The number of anilines is 1. The van der Waals surface area contributed by atoms with Crippen LogP contribution in [0.5, 0.6) is 11.5 Å². The third-order valence-corrected chi connectivity index (χ3v) is 3.34. The summed E-state index contributed by atoms with van der Waals surface area (Å²) < 4.78 is 11.0. The summed E-state index contributed by atoms with van der Waals surface area (Å²) in [5.74, 6) is 1.28. The molecule has 4 nitrogen and oxygen atoms in total. The van der Waals surface area contributed by atoms with Gasteiger partial charge < -0.3 is 14.8 Å². The van der Waals surface area contributed by atoms with Gasteiger partial charge >= 0.3 is 0 Å². The lowest BCUT2D eigenvalue weighted by molar-refractivity contribution is -0.118. The second-order valence-electron chi connectivity index (χ2n) is 5.17. The maximum atomic E-state index is 12.0. The van der Waals surface area contributed by atoms with E-state index >= 15 is 0 Å². The zero-order valence-electron chi connectivity index (χ0n) is 13.7. The molecule has 0 spiro atoms. The van der Waals surface area contributed by atoms with Gasteiger partial charge in [-0.3, -0.25) is 4.79 Å². The topological polar surface area (TPSA) is 47.6 Å². The predicted molar refractivity (Wildman–Crippen MR) is 92.2 cm³/mol. The minimum absolute atomic E-state index is 0.0206. The summed E-state index contributed by atoms with van der Waals surface area (Å²) in [5, 5.41) is 2.88. The van der Waals surface area contributed by atoms with E-state index in [0.29, 0.717) is 12.4 Å². The first-order valence-electron chi connectivity index (χ1n) is 7.96. The normalized spacial score (nSPS) is 10.2. The summed E-state index contributed by atoms with van der Waals surface area (Å²) in [6, 6.07) is 15.1. The highest BCUT2D eigenvalue weighted by Crippen LogP contribution is 2.18. The Balaban J connectivity index is 1.84. The highest BCUT2D eigenvalue weighted by atomic mass is 16.5. The molecule has 0 aromatic heterocycles. The molecule has 122 valence electrons. The molecule has 0 unspecified atom stereocenters. The molecule has 0 atom stereocenters. The summed E-state index contributed by atoms with van der Waals surface area (Å²) in [4.78, 5) is 12.0. The SMILES string of the molecule is CCCOc1ccc(OCC(=O)Nc2ccccc2CC)cc1. The van der Waals surface area contributed by atoms with E-state index in [0.717, 1.165) is 29.8 Å². The van der Waals surface area contributed by atoms with Crippen LogP contribution in [0.2, 0.25) is 0 Å². The minimum Gasteiger partial charge on any atom is -0.494 e. The number of rotatable bonds is 8. The van der Waals surface area contributed by atoms with Gasteiger partial charge in [-0.25, -0.2) is 0 Å². The van der Waals surface area contributed by atoms with Crippen LogP contribution in [0.4, 0.5) is 5.69 Å². The van der Waals surface area contributed by atoms with Crippen LogP contribution in [0.25, 0.3) is 0 Å². The van der Waals surface area contributed by atoms with E-state index in [1.54, 1.807) is 12.1 Å². The van der Waals surface area contributed by atoms with Crippen molar-refractivity contribution in [1.82, 2.24) is 0 Å². The van der Waals surface area contributed by atoms with Crippen LogP contribution in [0.3, 0.4) is 0 Å². The highest BCUT2D eigenvalue weighted by molar-refractivity contribution is 5.92. The van der Waals surface area contributed by atoms with Crippen LogP contribution in [0.15, 0.2) is 48.5 Å². The minimum atomic E-state index is -0.169. The Hall–Kier alpha value is -2.49. The van der Waals surface area contributed by atoms with Gasteiger partial charge in [0.05, 0.1) is 6.61 Å². The van der Waals surface area contributed by atoms with E-state index in [-0.39, 0.29) is 12.5 Å². The summed E-state index contributed by atoms with van der Waals surface area (Å²) >= 11 is 0. The molecule has 0 radical (unpaired) electrons. The van der Waals surface area contributed by atoms with Crippen LogP contribution < -0.4 is 14.8 Å². The Morgan fingerprint density at radius 3 is 2.26 bits per heavy atom. The number of ether oxygens (including phenoxy) is 2. The number of para-hydroxylation sites is 1. The third kappa shape index (κ3) is 5.33. The molecule has 2 aromatic carbocycles. The zero-order valence-corrected chi connectivity index (χ0v) is 13.7. The zero-order chi connectivity index (χ0) is 16.5. The van der Waals surface area contributed by atoms with Gasteiger partial charge in [0.25, 0.3) is 5.91 Å². The lowest BCUT2D eigenvalue weighted by Gasteiger charge is -2.11. The van der Waals surface area contributed by atoms with E-state index in [4.69, 9.17) is 9.47 Å². The van der Waals surface area contributed by atoms with Crippen LogP contribution in [0.1, 0.15) is 25.8 Å². The van der Waals surface area contributed by atoms with Crippen molar-refractivity contribution < 1.29 is 14.3 Å². The third-order valence-electron chi connectivity index (χ3n) is 3.34. The van der Waals surface area contributed by atoms with Gasteiger partial charge in [-0.15, -0.1) is 0 Å². The summed E-state index contributed by atoms with van der Waals surface area (Å²) in [6.07, 6.45) is 1.84. The number of hydrogen-bond donors (Lipinski definition) is 1. The first kappa shape index (κ1) is 16.9. The molecule has 1 N–H and O–H groups in total. The summed E-state index contributed by atoms with van der Waals surface area (Å²) in [6.45, 7) is 4.79. The van der Waals surface area contributed by atoms with Gasteiger partial charge in [0, 0.05) is 5.69 Å². The number of carbonyl (C=O) groups excluding carboxylic acids is 1. The van der Waals surface area contributed by atoms with Gasteiger partial charge in [-0.05, 0) is 48.7 Å². The largest absolute Gasteiger partial charge is 0.494 e. The van der Waals surface area contributed by atoms with E-state index in [9.17, 15) is 4.79 Å². The second-order valence-corrected chi connectivity index (χ2v) is 5.17. The maximum Gasteiger partial charge on any atom is 0.262 e. The molecule has 0 bridgehead atoms. The van der Waals surface area contributed by atoms with E-state index < -0.39 is 0 Å². The van der Waals surface area contributed by atoms with Gasteiger partial charge in [0.2, 0.25) is 0 Å². The molecule has 4 heteroatoms. The van der Waals surface area contributed by atoms with Gasteiger partial charge in [-0.1, -0.05) is 32.0 Å². The Morgan fingerprint density at radius 1 is 0.957 bits per heavy atom. The highest BCUT2D eigenvalue weighted by Gasteiger charge is 2.06. The average molecular weight is 313 g/mol. The molecule has 2 aromatic rings. The van der Waals surface area contributed by atoms with Crippen molar-refractivity contribution in [2.75, 3.05) is 18.5 Å². The Kier molecular flexibility index (Phi) is 6.48. The van der Waals surface area contributed by atoms with Gasteiger partial charge in [0.1, 0.15) is 11.5 Å². The Morgan fingerprint density at radius 2 is 1.61 bits per heavy atom. The molecular weight excluding hydrogens is 290 g/mol. The lowest BCUT2D eigenvalue weighted by Crippen LogP contribution is -2.20. The van der Waals surface area contributed by atoms with Crippen molar-refractivity contribution in [2.45, 2.75) is 26.7 Å². The molecule has 1 amide bonds. The number of carbonyl (C=O) groups is 1. The van der Waals surface area contributed by atoms with Crippen LogP contribution in [-0.4, -0.2) is 19.1 Å². The molecule has 0 fully saturated rings. The molecule has 0 aliphatic carbocycles. The smallest absolute Gasteiger partial charge is 0.262 e. The molecular formula is C19H23NO3. The number of benzene rings is 2.